The third-order valence-electron chi connectivity index (χ3n) is 2.28. The number of alkyl halides is 1. The van der Waals surface area contributed by atoms with E-state index in [2.05, 4.69) is 0 Å². The molecular weight excluding hydrogens is 240 g/mol. The van der Waals surface area contributed by atoms with E-state index in [1.165, 1.54) is 14.2 Å². The van der Waals surface area contributed by atoms with Gasteiger partial charge in [-0.25, -0.2) is 0 Å². The summed E-state index contributed by atoms with van der Waals surface area (Å²) in [5, 5.41) is 17.7. The normalized spacial score (nSPS) is 10.2. The minimum Gasteiger partial charge on any atom is -0.497 e. The summed E-state index contributed by atoms with van der Waals surface area (Å²) in [5.74, 6) is 1.19. The van der Waals surface area contributed by atoms with Crippen molar-refractivity contribution in [1.82, 2.24) is 0 Å². The Morgan fingerprint density at radius 2 is 1.88 bits per heavy atom. The molecule has 0 bridgehead atoms. The van der Waals surface area contributed by atoms with E-state index < -0.39 is 4.87 Å². The molecule has 0 spiro atoms. The molecule has 0 amide bonds. The summed E-state index contributed by atoms with van der Waals surface area (Å²) in [6, 6.07) is 8.69. The van der Waals surface area contributed by atoms with Crippen molar-refractivity contribution in [2.75, 3.05) is 14.2 Å². The Hall–Kier alpha value is -1.91. The minimum atomic E-state index is -1.58. The van der Waals surface area contributed by atoms with Crippen LogP contribution in [0.4, 0.5) is 0 Å². The number of nitriles is 2. The van der Waals surface area contributed by atoms with Crippen LogP contribution in [0.2, 0.25) is 0 Å². The van der Waals surface area contributed by atoms with Crippen LogP contribution >= 0.6 is 11.6 Å². The quantitative estimate of drug-likeness (QED) is 0.769. The Morgan fingerprint density at radius 3 is 2.35 bits per heavy atom. The predicted octanol–water partition coefficient (Wildman–Crippen LogP) is 2.27. The van der Waals surface area contributed by atoms with Crippen molar-refractivity contribution < 1.29 is 9.47 Å². The number of methoxy groups -OCH3 is 2. The molecule has 0 N–H and O–H groups in total. The first-order chi connectivity index (χ1) is 8.08. The zero-order chi connectivity index (χ0) is 12.9. The lowest BCUT2D eigenvalue weighted by Gasteiger charge is -2.14. The van der Waals surface area contributed by atoms with Crippen molar-refractivity contribution >= 4 is 11.6 Å². The lowest BCUT2D eigenvalue weighted by atomic mass is 10.00. The Labute approximate surface area is 105 Å². The molecule has 4 nitrogen and oxygen atoms in total. The molecule has 0 aliphatic rings. The average Bonchev–Trinajstić information content (AvgIpc) is 2.38. The van der Waals surface area contributed by atoms with E-state index in [9.17, 15) is 0 Å². The Balaban J connectivity index is 3.13. The summed E-state index contributed by atoms with van der Waals surface area (Å²) in [6.45, 7) is 0. The molecule has 5 heteroatoms. The fourth-order valence-corrected chi connectivity index (χ4v) is 1.53. The highest BCUT2D eigenvalue weighted by molar-refractivity contribution is 6.28. The first-order valence-electron chi connectivity index (χ1n) is 4.81. The Bertz CT molecular complexity index is 474. The fourth-order valence-electron chi connectivity index (χ4n) is 1.39. The van der Waals surface area contributed by atoms with Gasteiger partial charge in [-0.3, -0.25) is 0 Å². The van der Waals surface area contributed by atoms with Gasteiger partial charge in [-0.05, 0) is 18.2 Å². The molecule has 0 saturated carbocycles. The molecule has 0 aromatic heterocycles. The van der Waals surface area contributed by atoms with Crippen LogP contribution in [0.5, 0.6) is 11.5 Å². The van der Waals surface area contributed by atoms with Crippen molar-refractivity contribution in [2.24, 2.45) is 0 Å². The monoisotopic (exact) mass is 250 g/mol. The van der Waals surface area contributed by atoms with Crippen LogP contribution in [0, 0.1) is 22.7 Å². The van der Waals surface area contributed by atoms with E-state index in [1.807, 2.05) is 0 Å². The summed E-state index contributed by atoms with van der Waals surface area (Å²) < 4.78 is 10.2. The van der Waals surface area contributed by atoms with Crippen molar-refractivity contribution in [3.63, 3.8) is 0 Å². The van der Waals surface area contributed by atoms with E-state index >= 15 is 0 Å². The Morgan fingerprint density at radius 1 is 1.24 bits per heavy atom. The second-order valence-corrected chi connectivity index (χ2v) is 4.02. The van der Waals surface area contributed by atoms with Gasteiger partial charge >= 0.3 is 0 Å². The molecule has 0 heterocycles. The summed E-state index contributed by atoms with van der Waals surface area (Å²) in [7, 11) is 3.05. The van der Waals surface area contributed by atoms with Crippen LogP contribution in [0.15, 0.2) is 18.2 Å². The molecule has 0 fully saturated rings. The van der Waals surface area contributed by atoms with Gasteiger partial charge in [-0.1, -0.05) is 11.6 Å². The van der Waals surface area contributed by atoms with Crippen LogP contribution in [-0.2, 0) is 6.42 Å². The topological polar surface area (TPSA) is 66.0 Å². The van der Waals surface area contributed by atoms with Gasteiger partial charge in [0.1, 0.15) is 23.6 Å². The van der Waals surface area contributed by atoms with Gasteiger partial charge in [0, 0.05) is 12.0 Å². The van der Waals surface area contributed by atoms with E-state index in [-0.39, 0.29) is 6.42 Å². The third-order valence-corrected chi connectivity index (χ3v) is 2.58. The standard InChI is InChI=1S/C12H11ClN2O2/c1-16-10-3-4-11(17-2)9(5-10)6-12(13,7-14)8-15/h3-5H,6H2,1-2H3. The van der Waals surface area contributed by atoms with Gasteiger partial charge in [0.15, 0.2) is 0 Å². The lowest BCUT2D eigenvalue weighted by molar-refractivity contribution is 0.398. The van der Waals surface area contributed by atoms with Crippen molar-refractivity contribution in [1.29, 1.82) is 10.5 Å². The third kappa shape index (κ3) is 3.03. The minimum absolute atomic E-state index is 0.0714. The maximum Gasteiger partial charge on any atom is 0.220 e. The molecule has 0 aliphatic heterocycles. The molecule has 0 atom stereocenters. The van der Waals surface area contributed by atoms with E-state index in [0.29, 0.717) is 17.1 Å². The number of rotatable bonds is 4. The molecule has 1 rings (SSSR count). The van der Waals surface area contributed by atoms with Crippen LogP contribution in [0.3, 0.4) is 0 Å². The van der Waals surface area contributed by atoms with Gasteiger partial charge in [-0.15, -0.1) is 0 Å². The zero-order valence-corrected chi connectivity index (χ0v) is 10.3. The number of hydrogen-bond acceptors (Lipinski definition) is 4. The number of hydrogen-bond donors (Lipinski definition) is 0. The molecule has 0 aliphatic carbocycles. The SMILES string of the molecule is COc1ccc(OC)c(CC(Cl)(C#N)C#N)c1. The molecule has 1 aromatic carbocycles. The second-order valence-electron chi connectivity index (χ2n) is 3.38. The molecule has 17 heavy (non-hydrogen) atoms. The van der Waals surface area contributed by atoms with Crippen LogP contribution in [0.1, 0.15) is 5.56 Å². The fraction of sp³-hybridized carbons (Fsp3) is 0.333. The summed E-state index contributed by atoms with van der Waals surface area (Å²) in [6.07, 6.45) is 0.0714. The van der Waals surface area contributed by atoms with Gasteiger partial charge < -0.3 is 9.47 Å². The van der Waals surface area contributed by atoms with Crippen molar-refractivity contribution in [3.05, 3.63) is 23.8 Å². The highest BCUT2D eigenvalue weighted by Gasteiger charge is 2.28. The van der Waals surface area contributed by atoms with Gasteiger partial charge in [0.2, 0.25) is 4.87 Å². The largest absolute Gasteiger partial charge is 0.497 e. The van der Waals surface area contributed by atoms with Gasteiger partial charge in [-0.2, -0.15) is 10.5 Å². The van der Waals surface area contributed by atoms with Crippen molar-refractivity contribution in [2.45, 2.75) is 11.3 Å². The highest BCUT2D eigenvalue weighted by atomic mass is 35.5. The molecule has 88 valence electrons. The van der Waals surface area contributed by atoms with Crippen LogP contribution in [0.25, 0.3) is 0 Å². The smallest absolute Gasteiger partial charge is 0.220 e. The highest BCUT2D eigenvalue weighted by Crippen LogP contribution is 2.29. The Kier molecular flexibility index (Phi) is 4.20. The number of nitrogens with zero attached hydrogens (tertiary/aromatic N) is 2. The molecule has 0 radical (unpaired) electrons. The van der Waals surface area contributed by atoms with Crippen molar-refractivity contribution in [3.8, 4) is 23.6 Å². The summed E-state index contributed by atoms with van der Waals surface area (Å²) in [5.41, 5.74) is 0.657. The maximum absolute atomic E-state index is 8.86. The number of ether oxygens (including phenoxy) is 2. The second kappa shape index (κ2) is 5.43. The lowest BCUT2D eigenvalue weighted by Crippen LogP contribution is -2.19. The van der Waals surface area contributed by atoms with Crippen LogP contribution < -0.4 is 9.47 Å². The summed E-state index contributed by atoms with van der Waals surface area (Å²) >= 11 is 5.85. The summed E-state index contributed by atoms with van der Waals surface area (Å²) in [4.78, 5) is -1.58. The first-order valence-corrected chi connectivity index (χ1v) is 5.18. The van der Waals surface area contributed by atoms with Crippen LogP contribution in [-0.4, -0.2) is 19.1 Å². The van der Waals surface area contributed by atoms with E-state index in [4.69, 9.17) is 31.6 Å². The van der Waals surface area contributed by atoms with Gasteiger partial charge in [0.05, 0.1) is 14.2 Å². The predicted molar refractivity (Wildman–Crippen MR) is 63.1 cm³/mol. The molecule has 0 saturated heterocycles. The van der Waals surface area contributed by atoms with E-state index in [1.54, 1.807) is 30.3 Å². The maximum atomic E-state index is 8.86. The number of benzene rings is 1. The number of halogens is 1. The molecular formula is C12H11ClN2O2. The average molecular weight is 251 g/mol. The van der Waals surface area contributed by atoms with E-state index in [0.717, 1.165) is 0 Å². The van der Waals surface area contributed by atoms with Gasteiger partial charge in [0.25, 0.3) is 0 Å². The molecule has 0 unspecified atom stereocenters. The first kappa shape index (κ1) is 13.2. The zero-order valence-electron chi connectivity index (χ0n) is 9.53. The molecule has 1 aromatic rings.